The standard InChI is InChI=1S/C17H17N3O4/c1-4-24-16(21)11-5-6-13(10(2)7-11)20-9-12(8-18)14(19)15(20)17(22)23-3/h5-7,9H,4,19H2,1-3H3. The van der Waals surface area contributed by atoms with Crippen LogP contribution in [0.15, 0.2) is 24.4 Å². The highest BCUT2D eigenvalue weighted by molar-refractivity contribution is 5.96. The normalized spacial score (nSPS) is 10.1. The summed E-state index contributed by atoms with van der Waals surface area (Å²) in [5.41, 5.74) is 7.90. The van der Waals surface area contributed by atoms with Crippen molar-refractivity contribution in [1.82, 2.24) is 4.57 Å². The Labute approximate surface area is 139 Å². The summed E-state index contributed by atoms with van der Waals surface area (Å²) in [6.07, 6.45) is 1.47. The SMILES string of the molecule is CCOC(=O)c1ccc(-n2cc(C#N)c(N)c2C(=O)OC)c(C)c1. The Bertz CT molecular complexity index is 846. The van der Waals surface area contributed by atoms with E-state index in [-0.39, 0.29) is 23.6 Å². The highest BCUT2D eigenvalue weighted by Crippen LogP contribution is 2.27. The molecular formula is C17H17N3O4. The van der Waals surface area contributed by atoms with Gasteiger partial charge in [0.25, 0.3) is 0 Å². The maximum absolute atomic E-state index is 12.0. The first-order chi connectivity index (χ1) is 11.4. The second-order valence-corrected chi connectivity index (χ2v) is 5.00. The molecule has 2 aromatic rings. The van der Waals surface area contributed by atoms with Gasteiger partial charge in [-0.3, -0.25) is 0 Å². The largest absolute Gasteiger partial charge is 0.464 e. The fourth-order valence-corrected chi connectivity index (χ4v) is 2.37. The Balaban J connectivity index is 2.59. The van der Waals surface area contributed by atoms with E-state index in [4.69, 9.17) is 20.5 Å². The van der Waals surface area contributed by atoms with Gasteiger partial charge in [0.2, 0.25) is 0 Å². The first-order valence-corrected chi connectivity index (χ1v) is 7.21. The van der Waals surface area contributed by atoms with Crippen LogP contribution in [0.5, 0.6) is 0 Å². The monoisotopic (exact) mass is 327 g/mol. The first kappa shape index (κ1) is 17.1. The number of ether oxygens (including phenoxy) is 2. The summed E-state index contributed by atoms with van der Waals surface area (Å²) in [5, 5.41) is 9.15. The van der Waals surface area contributed by atoms with Crippen molar-refractivity contribution < 1.29 is 19.1 Å². The van der Waals surface area contributed by atoms with Crippen molar-refractivity contribution in [2.75, 3.05) is 19.5 Å². The van der Waals surface area contributed by atoms with Crippen LogP contribution in [0.2, 0.25) is 0 Å². The molecule has 0 atom stereocenters. The molecular weight excluding hydrogens is 310 g/mol. The Morgan fingerprint density at radius 1 is 1.33 bits per heavy atom. The number of anilines is 1. The van der Waals surface area contributed by atoms with Gasteiger partial charge in [0.15, 0.2) is 5.69 Å². The van der Waals surface area contributed by atoms with Crippen molar-refractivity contribution in [3.05, 3.63) is 46.8 Å². The smallest absolute Gasteiger partial charge is 0.357 e. The van der Waals surface area contributed by atoms with E-state index < -0.39 is 11.9 Å². The molecule has 0 saturated heterocycles. The van der Waals surface area contributed by atoms with Crippen molar-refractivity contribution in [3.8, 4) is 11.8 Å². The van der Waals surface area contributed by atoms with E-state index >= 15 is 0 Å². The van der Waals surface area contributed by atoms with Crippen LogP contribution in [0.3, 0.4) is 0 Å². The molecule has 7 nitrogen and oxygen atoms in total. The van der Waals surface area contributed by atoms with Crippen molar-refractivity contribution in [3.63, 3.8) is 0 Å². The molecule has 1 aromatic carbocycles. The van der Waals surface area contributed by atoms with Crippen molar-refractivity contribution in [2.45, 2.75) is 13.8 Å². The molecule has 0 spiro atoms. The third kappa shape index (κ3) is 2.94. The zero-order valence-electron chi connectivity index (χ0n) is 13.6. The molecule has 0 aliphatic heterocycles. The minimum absolute atomic E-state index is 0.0539. The molecule has 2 rings (SSSR count). The van der Waals surface area contributed by atoms with E-state index in [9.17, 15) is 9.59 Å². The lowest BCUT2D eigenvalue weighted by Crippen LogP contribution is -2.12. The van der Waals surface area contributed by atoms with E-state index in [0.717, 1.165) is 0 Å². The lowest BCUT2D eigenvalue weighted by atomic mass is 10.1. The fraction of sp³-hybridized carbons (Fsp3) is 0.235. The van der Waals surface area contributed by atoms with Crippen LogP contribution in [-0.2, 0) is 9.47 Å². The quantitative estimate of drug-likeness (QED) is 0.863. The molecule has 1 heterocycles. The Morgan fingerprint density at radius 3 is 2.58 bits per heavy atom. The van der Waals surface area contributed by atoms with E-state index in [1.54, 1.807) is 32.0 Å². The van der Waals surface area contributed by atoms with Gasteiger partial charge in [-0.1, -0.05) is 0 Å². The number of aromatic nitrogens is 1. The number of esters is 2. The topological polar surface area (TPSA) is 107 Å². The molecule has 2 N–H and O–H groups in total. The Hall–Kier alpha value is -3.27. The van der Waals surface area contributed by atoms with E-state index in [2.05, 4.69) is 0 Å². The third-order valence-electron chi connectivity index (χ3n) is 3.51. The van der Waals surface area contributed by atoms with Gasteiger partial charge in [-0.25, -0.2) is 9.59 Å². The molecule has 24 heavy (non-hydrogen) atoms. The molecule has 0 amide bonds. The molecule has 7 heteroatoms. The van der Waals surface area contributed by atoms with Crippen LogP contribution in [0.4, 0.5) is 5.69 Å². The number of nitriles is 1. The summed E-state index contributed by atoms with van der Waals surface area (Å²) >= 11 is 0. The van der Waals surface area contributed by atoms with Crippen LogP contribution in [-0.4, -0.2) is 30.2 Å². The molecule has 0 saturated carbocycles. The number of aryl methyl sites for hydroxylation is 1. The van der Waals surface area contributed by atoms with Gasteiger partial charge in [-0.2, -0.15) is 5.26 Å². The second-order valence-electron chi connectivity index (χ2n) is 5.00. The molecule has 0 fully saturated rings. The zero-order valence-corrected chi connectivity index (χ0v) is 13.6. The number of rotatable bonds is 4. The van der Waals surface area contributed by atoms with Gasteiger partial charge in [0.1, 0.15) is 6.07 Å². The maximum Gasteiger partial charge on any atom is 0.357 e. The van der Waals surface area contributed by atoms with E-state index in [1.807, 2.05) is 6.07 Å². The van der Waals surface area contributed by atoms with E-state index in [0.29, 0.717) is 16.8 Å². The molecule has 0 aliphatic rings. The maximum atomic E-state index is 12.0. The van der Waals surface area contributed by atoms with Crippen molar-refractivity contribution in [1.29, 1.82) is 5.26 Å². The van der Waals surface area contributed by atoms with Crippen molar-refractivity contribution in [2.24, 2.45) is 0 Å². The lowest BCUT2D eigenvalue weighted by Gasteiger charge is -2.12. The highest BCUT2D eigenvalue weighted by atomic mass is 16.5. The molecule has 124 valence electrons. The molecule has 0 aliphatic carbocycles. The summed E-state index contributed by atoms with van der Waals surface area (Å²) in [6.45, 7) is 3.79. The third-order valence-corrected chi connectivity index (χ3v) is 3.51. The summed E-state index contributed by atoms with van der Waals surface area (Å²) < 4.78 is 11.2. The molecule has 0 bridgehead atoms. The van der Waals surface area contributed by atoms with Crippen molar-refractivity contribution >= 4 is 17.6 Å². The second kappa shape index (κ2) is 6.87. The number of benzene rings is 1. The van der Waals surface area contributed by atoms with Crippen LogP contribution in [0.25, 0.3) is 5.69 Å². The minimum atomic E-state index is -0.650. The highest BCUT2D eigenvalue weighted by Gasteiger charge is 2.22. The number of carbonyl (C=O) groups is 2. The lowest BCUT2D eigenvalue weighted by molar-refractivity contribution is 0.0525. The fourth-order valence-electron chi connectivity index (χ4n) is 2.37. The molecule has 0 unspecified atom stereocenters. The molecule has 1 aromatic heterocycles. The number of carbonyl (C=O) groups excluding carboxylic acids is 2. The summed E-state index contributed by atoms with van der Waals surface area (Å²) in [7, 11) is 1.24. The average molecular weight is 327 g/mol. The zero-order chi connectivity index (χ0) is 17.9. The van der Waals surface area contributed by atoms with E-state index in [1.165, 1.54) is 17.9 Å². The Morgan fingerprint density at radius 2 is 2.04 bits per heavy atom. The van der Waals surface area contributed by atoms with Gasteiger partial charge in [0.05, 0.1) is 30.5 Å². The van der Waals surface area contributed by atoms with Gasteiger partial charge in [0, 0.05) is 11.9 Å². The van der Waals surface area contributed by atoms with Crippen LogP contribution in [0, 0.1) is 18.3 Å². The van der Waals surface area contributed by atoms with Crippen LogP contribution < -0.4 is 5.73 Å². The number of methoxy groups -OCH3 is 1. The average Bonchev–Trinajstić information content (AvgIpc) is 2.90. The summed E-state index contributed by atoms with van der Waals surface area (Å²) in [5.74, 6) is -1.08. The van der Waals surface area contributed by atoms with Gasteiger partial charge >= 0.3 is 11.9 Å². The number of hydrogen-bond acceptors (Lipinski definition) is 6. The number of nitrogens with zero attached hydrogens (tertiary/aromatic N) is 2. The number of hydrogen-bond donors (Lipinski definition) is 1. The van der Waals surface area contributed by atoms with Gasteiger partial charge < -0.3 is 19.8 Å². The number of nitrogen functional groups attached to an aromatic ring is 1. The first-order valence-electron chi connectivity index (χ1n) is 7.21. The summed E-state index contributed by atoms with van der Waals surface area (Å²) in [6, 6.07) is 6.84. The predicted octanol–water partition coefficient (Wildman–Crippen LogP) is 2.20. The van der Waals surface area contributed by atoms with Crippen LogP contribution in [0.1, 0.15) is 38.9 Å². The van der Waals surface area contributed by atoms with Gasteiger partial charge in [-0.15, -0.1) is 0 Å². The number of nitrogens with two attached hydrogens (primary N) is 1. The minimum Gasteiger partial charge on any atom is -0.464 e. The predicted molar refractivity (Wildman–Crippen MR) is 86.9 cm³/mol. The van der Waals surface area contributed by atoms with Gasteiger partial charge in [-0.05, 0) is 37.6 Å². The van der Waals surface area contributed by atoms with Crippen LogP contribution >= 0.6 is 0 Å². The molecule has 0 radical (unpaired) electrons. The summed E-state index contributed by atoms with van der Waals surface area (Å²) in [4.78, 5) is 23.8. The Kier molecular flexibility index (Phi) is 4.90.